The van der Waals surface area contributed by atoms with Gasteiger partial charge in [0.05, 0.1) is 32.4 Å². The molecule has 27 heavy (non-hydrogen) atoms. The molecule has 1 fully saturated rings. The number of phenols is 1. The summed E-state index contributed by atoms with van der Waals surface area (Å²) in [6.07, 6.45) is 1.79. The molecule has 4 nitrogen and oxygen atoms in total. The molecule has 3 aromatic rings. The predicted molar refractivity (Wildman–Crippen MR) is 111 cm³/mol. The monoisotopic (exact) mass is 380 g/mol. The van der Waals surface area contributed by atoms with Gasteiger partial charge in [0.25, 0.3) is 0 Å². The molecule has 1 aliphatic rings. The van der Waals surface area contributed by atoms with Crippen molar-refractivity contribution < 1.29 is 10.0 Å². The lowest BCUT2D eigenvalue weighted by molar-refractivity contribution is -0.918. The van der Waals surface area contributed by atoms with Gasteiger partial charge in [0.15, 0.2) is 0 Å². The Bertz CT molecular complexity index is 947. The van der Waals surface area contributed by atoms with Crippen LogP contribution in [-0.2, 0) is 6.54 Å². The molecule has 0 unspecified atom stereocenters. The number of quaternary nitrogens is 1. The predicted octanol–water partition coefficient (Wildman–Crippen LogP) is 2.93. The van der Waals surface area contributed by atoms with Gasteiger partial charge in [0.2, 0.25) is 0 Å². The van der Waals surface area contributed by atoms with Gasteiger partial charge in [-0.25, -0.2) is 0 Å². The number of hydrazone groups is 1. The first-order valence-electron chi connectivity index (χ1n) is 9.27. The van der Waals surface area contributed by atoms with E-state index in [1.54, 1.807) is 17.2 Å². The number of hydrogen-bond donors (Lipinski definition) is 2. The standard InChI is InChI=1S/C22H22ClN3O/c23-19-8-5-17(6-9-19)16-25-11-13-26(14-12-25)24-15-21-20-4-2-1-3-18(20)7-10-22(21)27/h1-10,15,27H,11-14,16H2/p+1. The summed E-state index contributed by atoms with van der Waals surface area (Å²) in [6, 6.07) is 19.8. The molecular weight excluding hydrogens is 358 g/mol. The maximum atomic E-state index is 10.2. The van der Waals surface area contributed by atoms with Crippen molar-refractivity contribution in [2.24, 2.45) is 5.10 Å². The zero-order valence-corrected chi connectivity index (χ0v) is 15.9. The molecule has 0 atom stereocenters. The summed E-state index contributed by atoms with van der Waals surface area (Å²) >= 11 is 5.96. The number of halogens is 1. The highest BCUT2D eigenvalue weighted by molar-refractivity contribution is 6.30. The lowest BCUT2D eigenvalue weighted by Crippen LogP contribution is -3.13. The van der Waals surface area contributed by atoms with E-state index in [0.29, 0.717) is 0 Å². The van der Waals surface area contributed by atoms with Gasteiger partial charge in [-0.05, 0) is 29.0 Å². The molecule has 138 valence electrons. The summed E-state index contributed by atoms with van der Waals surface area (Å²) in [5, 5.41) is 19.9. The van der Waals surface area contributed by atoms with E-state index in [1.165, 1.54) is 5.56 Å². The summed E-state index contributed by atoms with van der Waals surface area (Å²) in [5.74, 6) is 0.268. The summed E-state index contributed by atoms with van der Waals surface area (Å²) in [5.41, 5.74) is 2.09. The fourth-order valence-corrected chi connectivity index (χ4v) is 3.68. The molecule has 0 spiro atoms. The van der Waals surface area contributed by atoms with Crippen LogP contribution >= 0.6 is 11.6 Å². The summed E-state index contributed by atoms with van der Waals surface area (Å²) < 4.78 is 0. The Balaban J connectivity index is 1.39. The quantitative estimate of drug-likeness (QED) is 0.683. The Morgan fingerprint density at radius 3 is 2.52 bits per heavy atom. The molecule has 0 aliphatic carbocycles. The van der Waals surface area contributed by atoms with E-state index in [1.807, 2.05) is 42.5 Å². The first-order valence-corrected chi connectivity index (χ1v) is 9.64. The third-order valence-electron chi connectivity index (χ3n) is 5.11. The fraction of sp³-hybridized carbons (Fsp3) is 0.227. The van der Waals surface area contributed by atoms with E-state index in [-0.39, 0.29) is 5.75 Å². The Morgan fingerprint density at radius 1 is 1.00 bits per heavy atom. The van der Waals surface area contributed by atoms with Gasteiger partial charge in [-0.1, -0.05) is 54.1 Å². The van der Waals surface area contributed by atoms with E-state index in [2.05, 4.69) is 22.2 Å². The van der Waals surface area contributed by atoms with Crippen LogP contribution < -0.4 is 4.90 Å². The Kier molecular flexibility index (Phi) is 5.28. The molecule has 1 aliphatic heterocycles. The Hall–Kier alpha value is -2.56. The van der Waals surface area contributed by atoms with Crippen LogP contribution in [0.4, 0.5) is 0 Å². The number of rotatable bonds is 4. The van der Waals surface area contributed by atoms with Crippen molar-refractivity contribution in [1.29, 1.82) is 0 Å². The molecule has 1 saturated heterocycles. The van der Waals surface area contributed by atoms with Crippen LogP contribution in [-0.4, -0.2) is 42.5 Å². The number of benzene rings is 3. The number of fused-ring (bicyclic) bond motifs is 1. The van der Waals surface area contributed by atoms with Crippen molar-refractivity contribution in [2.45, 2.75) is 6.54 Å². The van der Waals surface area contributed by atoms with E-state index >= 15 is 0 Å². The van der Waals surface area contributed by atoms with Crippen LogP contribution in [0.25, 0.3) is 10.8 Å². The minimum atomic E-state index is 0.268. The topological polar surface area (TPSA) is 40.3 Å². The molecule has 0 saturated carbocycles. The molecular formula is C22H23ClN3O+. The molecule has 2 N–H and O–H groups in total. The van der Waals surface area contributed by atoms with Crippen molar-refractivity contribution in [3.8, 4) is 5.75 Å². The largest absolute Gasteiger partial charge is 0.507 e. The number of hydrogen-bond acceptors (Lipinski definition) is 3. The van der Waals surface area contributed by atoms with Crippen LogP contribution in [0.3, 0.4) is 0 Å². The van der Waals surface area contributed by atoms with Crippen molar-refractivity contribution in [1.82, 2.24) is 5.01 Å². The maximum Gasteiger partial charge on any atom is 0.125 e. The normalized spacial score (nSPS) is 15.7. The SMILES string of the molecule is Oc1ccc2ccccc2c1C=NN1CC[NH+](Cc2ccc(Cl)cc2)CC1. The first-order chi connectivity index (χ1) is 13.2. The van der Waals surface area contributed by atoms with Gasteiger partial charge in [0, 0.05) is 16.1 Å². The van der Waals surface area contributed by atoms with E-state index in [9.17, 15) is 5.11 Å². The molecule has 3 aromatic carbocycles. The van der Waals surface area contributed by atoms with Crippen LogP contribution in [0, 0.1) is 0 Å². The number of nitrogens with zero attached hydrogens (tertiary/aromatic N) is 2. The molecule has 0 radical (unpaired) electrons. The lowest BCUT2D eigenvalue weighted by Gasteiger charge is -2.30. The van der Waals surface area contributed by atoms with Gasteiger partial charge in [0.1, 0.15) is 12.3 Å². The fourth-order valence-electron chi connectivity index (χ4n) is 3.55. The van der Waals surface area contributed by atoms with Gasteiger partial charge in [-0.3, -0.25) is 5.01 Å². The number of aromatic hydroxyl groups is 1. The Morgan fingerprint density at radius 2 is 1.74 bits per heavy atom. The van der Waals surface area contributed by atoms with Crippen LogP contribution in [0.5, 0.6) is 5.75 Å². The second kappa shape index (κ2) is 7.99. The minimum absolute atomic E-state index is 0.268. The summed E-state index contributed by atoms with van der Waals surface area (Å²) in [6.45, 7) is 4.91. The highest BCUT2D eigenvalue weighted by Crippen LogP contribution is 2.25. The second-order valence-corrected chi connectivity index (χ2v) is 7.41. The van der Waals surface area contributed by atoms with Crippen molar-refractivity contribution in [3.05, 3.63) is 76.8 Å². The highest BCUT2D eigenvalue weighted by atomic mass is 35.5. The van der Waals surface area contributed by atoms with Gasteiger partial charge in [-0.15, -0.1) is 0 Å². The smallest absolute Gasteiger partial charge is 0.125 e. The number of piperazine rings is 1. The van der Waals surface area contributed by atoms with E-state index in [4.69, 9.17) is 11.6 Å². The van der Waals surface area contributed by atoms with Crippen molar-refractivity contribution in [3.63, 3.8) is 0 Å². The van der Waals surface area contributed by atoms with Gasteiger partial charge >= 0.3 is 0 Å². The maximum absolute atomic E-state index is 10.2. The Labute approximate surface area is 164 Å². The summed E-state index contributed by atoms with van der Waals surface area (Å²) in [4.78, 5) is 1.55. The average molecular weight is 381 g/mol. The first kappa shape index (κ1) is 17.8. The molecule has 4 rings (SSSR count). The van der Waals surface area contributed by atoms with Crippen molar-refractivity contribution >= 4 is 28.6 Å². The molecule has 0 bridgehead atoms. The van der Waals surface area contributed by atoms with Crippen LogP contribution in [0.2, 0.25) is 5.02 Å². The molecule has 0 amide bonds. The lowest BCUT2D eigenvalue weighted by atomic mass is 10.0. The average Bonchev–Trinajstić information content (AvgIpc) is 2.70. The second-order valence-electron chi connectivity index (χ2n) is 6.97. The molecule has 1 heterocycles. The van der Waals surface area contributed by atoms with Crippen molar-refractivity contribution in [2.75, 3.05) is 26.2 Å². The zero-order chi connectivity index (χ0) is 18.6. The van der Waals surface area contributed by atoms with Crippen LogP contribution in [0.1, 0.15) is 11.1 Å². The number of phenolic OH excluding ortho intramolecular Hbond substituents is 1. The molecule has 0 aromatic heterocycles. The third-order valence-corrected chi connectivity index (χ3v) is 5.36. The third kappa shape index (κ3) is 4.24. The summed E-state index contributed by atoms with van der Waals surface area (Å²) in [7, 11) is 0. The zero-order valence-electron chi connectivity index (χ0n) is 15.1. The van der Waals surface area contributed by atoms with E-state index < -0.39 is 0 Å². The minimum Gasteiger partial charge on any atom is -0.507 e. The number of nitrogens with one attached hydrogen (secondary N) is 1. The van der Waals surface area contributed by atoms with Crippen LogP contribution in [0.15, 0.2) is 65.8 Å². The van der Waals surface area contributed by atoms with Gasteiger partial charge in [-0.2, -0.15) is 5.10 Å². The van der Waals surface area contributed by atoms with Gasteiger partial charge < -0.3 is 10.0 Å². The highest BCUT2D eigenvalue weighted by Gasteiger charge is 2.19. The molecule has 5 heteroatoms. The van der Waals surface area contributed by atoms with E-state index in [0.717, 1.165) is 54.1 Å².